The second-order valence-corrected chi connectivity index (χ2v) is 24.7. The standard InChI is InChI=1S/C63H114N12O26S3/c1-6-24-92-27-19-65-49(76)11-13-51(78)70-46(40-102)59(89)72-43(8-15-53(80)81)56(86)67-21-29-95-33-37-99-63(98-36-32-94-26-18-64,101-39-35-97-31-23-69-58(88)45(10-17-55(84)85)74-61(91)48(42-104)75-62(3,4)5)100-38-34-96-30-22-68-57(87)44(9-16-54(82)83)73-60(90)47(41-103)71-52(79)14-12-50(77)66-20-28-93-25-7-2/h43-48,75,102-104H,6-42,64H2,1-5H3,(H,65,76)(H,66,77)(H,67,86)(H,68,87)(H,69,88)(H,70,78)(H,71,79)(H,72,89)(H,73,90)(H,74,91)(H,80,81)(H,82,83)(H,84,85). The molecule has 104 heavy (non-hydrogen) atoms. The van der Waals surface area contributed by atoms with E-state index in [2.05, 4.69) is 96.4 Å². The van der Waals surface area contributed by atoms with Gasteiger partial charge in [-0.2, -0.15) is 37.9 Å². The van der Waals surface area contributed by atoms with E-state index in [1.165, 1.54) is 0 Å². The molecular formula is C63H114N12O26S3. The minimum atomic E-state index is -2.36. The van der Waals surface area contributed by atoms with Crippen molar-refractivity contribution in [2.24, 2.45) is 5.73 Å². The van der Waals surface area contributed by atoms with Crippen molar-refractivity contribution >= 4 is 115 Å². The summed E-state index contributed by atoms with van der Waals surface area (Å²) >= 11 is 12.6. The molecule has 0 rings (SSSR count). The van der Waals surface area contributed by atoms with E-state index in [1.807, 2.05) is 34.6 Å². The summed E-state index contributed by atoms with van der Waals surface area (Å²) in [7, 11) is 0. The van der Waals surface area contributed by atoms with E-state index in [0.717, 1.165) is 12.8 Å². The van der Waals surface area contributed by atoms with Gasteiger partial charge in [-0.25, -0.2) is 0 Å². The van der Waals surface area contributed by atoms with Gasteiger partial charge in [0.2, 0.25) is 59.1 Å². The first-order valence-corrected chi connectivity index (χ1v) is 36.3. The van der Waals surface area contributed by atoms with Crippen molar-refractivity contribution in [1.82, 2.24) is 58.5 Å². The van der Waals surface area contributed by atoms with Gasteiger partial charge in [0.25, 0.3) is 0 Å². The third-order valence-corrected chi connectivity index (χ3v) is 14.6. The van der Waals surface area contributed by atoms with Crippen molar-refractivity contribution in [3.8, 4) is 0 Å². The Morgan fingerprint density at radius 3 is 0.894 bits per heavy atom. The molecule has 0 heterocycles. The lowest BCUT2D eigenvalue weighted by molar-refractivity contribution is -0.501. The van der Waals surface area contributed by atoms with E-state index in [4.69, 9.17) is 53.1 Å². The predicted octanol–water partition coefficient (Wildman–Crippen LogP) is -3.75. The van der Waals surface area contributed by atoms with Crippen LogP contribution in [0.4, 0.5) is 0 Å². The molecule has 0 saturated carbocycles. The highest BCUT2D eigenvalue weighted by molar-refractivity contribution is 7.80. The molecule has 0 aromatic heterocycles. The highest BCUT2D eigenvalue weighted by Gasteiger charge is 2.37. The van der Waals surface area contributed by atoms with Crippen molar-refractivity contribution in [3.05, 3.63) is 0 Å². The van der Waals surface area contributed by atoms with Crippen molar-refractivity contribution < 1.29 is 125 Å². The van der Waals surface area contributed by atoms with Gasteiger partial charge < -0.3 is 127 Å². The van der Waals surface area contributed by atoms with Crippen LogP contribution in [0.15, 0.2) is 0 Å². The maximum Gasteiger partial charge on any atom is 0.413 e. The number of carbonyl (C=O) groups excluding carboxylic acids is 10. The third-order valence-electron chi connectivity index (χ3n) is 13.5. The minimum Gasteiger partial charge on any atom is -0.481 e. The molecule has 0 aliphatic carbocycles. The van der Waals surface area contributed by atoms with Gasteiger partial charge in [-0.1, -0.05) is 13.8 Å². The molecule has 0 aliphatic heterocycles. The lowest BCUT2D eigenvalue weighted by atomic mass is 10.1. The Morgan fingerprint density at radius 1 is 0.337 bits per heavy atom. The van der Waals surface area contributed by atoms with Gasteiger partial charge in [0.1, 0.15) is 30.2 Å². The molecule has 0 bridgehead atoms. The van der Waals surface area contributed by atoms with E-state index in [-0.39, 0.29) is 181 Å². The number of aliphatic carboxylic acids is 3. The topological polar surface area (TPSA) is 533 Å². The Labute approximate surface area is 623 Å². The van der Waals surface area contributed by atoms with Crippen LogP contribution >= 0.6 is 37.9 Å². The number of hydrogen-bond acceptors (Lipinski definition) is 28. The molecule has 600 valence electrons. The molecule has 6 unspecified atom stereocenters. The second-order valence-electron chi connectivity index (χ2n) is 23.6. The summed E-state index contributed by atoms with van der Waals surface area (Å²) in [6.45, 7) is 9.09. The van der Waals surface area contributed by atoms with Gasteiger partial charge in [-0.3, -0.25) is 62.3 Å². The van der Waals surface area contributed by atoms with Gasteiger partial charge in [0.05, 0.1) is 98.5 Å². The number of hydrogen-bond donors (Lipinski definition) is 18. The van der Waals surface area contributed by atoms with Gasteiger partial charge in [-0.05, 0) is 52.9 Å². The van der Waals surface area contributed by atoms with Crippen LogP contribution in [0.3, 0.4) is 0 Å². The fourth-order valence-electron chi connectivity index (χ4n) is 8.47. The zero-order chi connectivity index (χ0) is 78.0. The van der Waals surface area contributed by atoms with Crippen molar-refractivity contribution in [3.63, 3.8) is 0 Å². The summed E-state index contributed by atoms with van der Waals surface area (Å²) in [4.78, 5) is 164. The lowest BCUT2D eigenvalue weighted by Gasteiger charge is -2.32. The molecule has 16 N–H and O–H groups in total. The number of carboxylic acid groups (broad SMARTS) is 3. The zero-order valence-corrected chi connectivity index (χ0v) is 63.0. The zero-order valence-electron chi connectivity index (χ0n) is 60.3. The van der Waals surface area contributed by atoms with Crippen LogP contribution in [-0.4, -0.2) is 302 Å². The first-order chi connectivity index (χ1) is 49.6. The van der Waals surface area contributed by atoms with Gasteiger partial charge in [-0.15, -0.1) is 0 Å². The number of rotatable bonds is 67. The molecule has 0 radical (unpaired) electrons. The Balaban J connectivity index is 6.23. The van der Waals surface area contributed by atoms with Gasteiger partial charge in [0, 0.05) is 120 Å². The van der Waals surface area contributed by atoms with Crippen LogP contribution in [0, 0.1) is 0 Å². The number of nitrogens with one attached hydrogen (secondary N) is 11. The van der Waals surface area contributed by atoms with Crippen LogP contribution < -0.4 is 64.2 Å². The molecule has 0 fully saturated rings. The number of carboxylic acids is 3. The Hall–Kier alpha value is -6.32. The van der Waals surface area contributed by atoms with Crippen molar-refractivity contribution in [1.29, 1.82) is 0 Å². The fourth-order valence-corrected chi connectivity index (χ4v) is 9.24. The highest BCUT2D eigenvalue weighted by Crippen LogP contribution is 2.19. The second kappa shape index (κ2) is 60.8. The average Bonchev–Trinajstić information content (AvgIpc) is 0.903. The quantitative estimate of drug-likeness (QED) is 0.0158. The molecule has 10 amide bonds. The Bertz CT molecular complexity index is 2420. The molecule has 0 aromatic carbocycles. The summed E-state index contributed by atoms with van der Waals surface area (Å²) in [5.41, 5.74) is 5.11. The maximum atomic E-state index is 13.4. The first-order valence-electron chi connectivity index (χ1n) is 34.4. The van der Waals surface area contributed by atoms with E-state index in [0.29, 0.717) is 26.4 Å². The third kappa shape index (κ3) is 51.8. The highest BCUT2D eigenvalue weighted by atomic mass is 32.1. The molecule has 41 heteroatoms. The SMILES string of the molecule is CCCOCCNC(=O)CCC(=O)NC(CS)C(=O)NC(CCC(=O)O)C(=O)NCCOCCOC(OCCOCCN)(OCCOCCNC(=O)C(CCC(=O)O)NC(=O)C(CS)NC(=O)CCC(=O)NCCOCCC)OCCOCCNC(=O)C(CCC(=O)O)NC(=O)C(CS)NC(C)(C)C. The average molecular weight is 1550 g/mol. The minimum absolute atomic E-state index is 0.0456. The largest absolute Gasteiger partial charge is 0.481 e. The normalized spacial score (nSPS) is 13.6. The number of amides is 10. The van der Waals surface area contributed by atoms with E-state index in [9.17, 15) is 77.6 Å². The maximum absolute atomic E-state index is 13.4. The molecule has 0 aliphatic rings. The molecule has 0 saturated heterocycles. The van der Waals surface area contributed by atoms with Crippen LogP contribution in [0.25, 0.3) is 0 Å². The van der Waals surface area contributed by atoms with Crippen LogP contribution in [0.5, 0.6) is 0 Å². The first kappa shape index (κ1) is 97.7. The van der Waals surface area contributed by atoms with Crippen LogP contribution in [-0.2, 0) is 110 Å². The van der Waals surface area contributed by atoms with Gasteiger partial charge in [0.15, 0.2) is 0 Å². The molecule has 6 atom stereocenters. The number of thiol groups is 3. The molecule has 0 aromatic rings. The monoisotopic (exact) mass is 1550 g/mol. The Kier molecular flexibility index (Phi) is 57.1. The predicted molar refractivity (Wildman–Crippen MR) is 383 cm³/mol. The van der Waals surface area contributed by atoms with Crippen molar-refractivity contribution in [2.75, 3.05) is 162 Å². The summed E-state index contributed by atoms with van der Waals surface area (Å²) < 4.78 is 57.2. The smallest absolute Gasteiger partial charge is 0.413 e. The van der Waals surface area contributed by atoms with E-state index in [1.54, 1.807) is 0 Å². The Morgan fingerprint density at radius 2 is 0.615 bits per heavy atom. The van der Waals surface area contributed by atoms with Crippen molar-refractivity contribution in [2.45, 2.75) is 160 Å². The molecule has 0 spiro atoms. The van der Waals surface area contributed by atoms with Crippen LogP contribution in [0.2, 0.25) is 0 Å². The summed E-state index contributed by atoms with van der Waals surface area (Å²) in [6, 6.07) is -7.31. The number of nitrogens with two attached hydrogens (primary N) is 1. The van der Waals surface area contributed by atoms with Gasteiger partial charge >= 0.3 is 24.1 Å². The van der Waals surface area contributed by atoms with Crippen LogP contribution in [0.1, 0.15) is 112 Å². The lowest BCUT2D eigenvalue weighted by Crippen LogP contribution is -2.57. The van der Waals surface area contributed by atoms with E-state index >= 15 is 0 Å². The molecular weight excluding hydrogens is 1440 g/mol. The summed E-state index contributed by atoms with van der Waals surface area (Å²) in [5.74, 6) is -10.7. The summed E-state index contributed by atoms with van der Waals surface area (Å²) in [6.07, 6.45) is -4.02. The summed E-state index contributed by atoms with van der Waals surface area (Å²) in [5, 5.41) is 56.7. The number of carbonyl (C=O) groups is 13. The molecule has 38 nitrogen and oxygen atoms in total. The van der Waals surface area contributed by atoms with E-state index < -0.39 is 144 Å². The fraction of sp³-hybridized carbons (Fsp3) is 0.794. The number of ether oxygens (including phenoxy) is 10.